The third-order valence-electron chi connectivity index (χ3n) is 16.5. The molecule has 0 amide bonds. The van der Waals surface area contributed by atoms with Crippen molar-refractivity contribution in [3.05, 3.63) is 60.8 Å². The maximum absolute atomic E-state index is 13.1. The molecule has 0 aromatic heterocycles. The Labute approximate surface area is 584 Å². The SMILES string of the molecule is CCCC/C=C\CCCCCCCC(=O)OCC(COP(=O)(O)OCC(O)COP(=O)(O)OCC(COC(=O)CCCCCCCC/C=C\C/C=C\C/C=C\CCCCC)OC(=O)CCCCCCCCCCCCCCCCC)OC(=O)CCCCCCC/C=C\CCCC. The van der Waals surface area contributed by atoms with Crippen LogP contribution < -0.4 is 0 Å². The van der Waals surface area contributed by atoms with E-state index in [9.17, 15) is 43.2 Å². The Morgan fingerprint density at radius 2 is 0.521 bits per heavy atom. The summed E-state index contributed by atoms with van der Waals surface area (Å²) in [6.07, 6.45) is 67.9. The van der Waals surface area contributed by atoms with Crippen LogP contribution in [0.5, 0.6) is 0 Å². The van der Waals surface area contributed by atoms with Gasteiger partial charge in [0.1, 0.15) is 19.3 Å². The first-order valence-corrected chi connectivity index (χ1v) is 41.5. The zero-order chi connectivity index (χ0) is 70.4. The van der Waals surface area contributed by atoms with Gasteiger partial charge in [0.05, 0.1) is 26.4 Å². The van der Waals surface area contributed by atoms with Gasteiger partial charge in [0.25, 0.3) is 0 Å². The maximum atomic E-state index is 13.1. The Hall–Kier alpha value is -3.24. The van der Waals surface area contributed by atoms with Crippen molar-refractivity contribution in [1.29, 1.82) is 0 Å². The van der Waals surface area contributed by atoms with Crippen molar-refractivity contribution < 1.29 is 80.2 Å². The zero-order valence-electron chi connectivity index (χ0n) is 61.1. The van der Waals surface area contributed by atoms with E-state index < -0.39 is 97.5 Å². The summed E-state index contributed by atoms with van der Waals surface area (Å²) in [5, 5.41) is 10.6. The number of phosphoric ester groups is 2. The fourth-order valence-electron chi connectivity index (χ4n) is 10.5. The molecule has 560 valence electrons. The van der Waals surface area contributed by atoms with Crippen molar-refractivity contribution in [2.75, 3.05) is 39.6 Å². The van der Waals surface area contributed by atoms with Gasteiger partial charge >= 0.3 is 39.5 Å². The molecule has 0 radical (unpaired) electrons. The Balaban J connectivity index is 5.29. The second-order valence-electron chi connectivity index (χ2n) is 25.9. The summed E-state index contributed by atoms with van der Waals surface area (Å²) in [5.74, 6) is -2.18. The van der Waals surface area contributed by atoms with Crippen LogP contribution >= 0.6 is 15.6 Å². The van der Waals surface area contributed by atoms with E-state index >= 15 is 0 Å². The van der Waals surface area contributed by atoms with Gasteiger partial charge in [-0.05, 0) is 103 Å². The summed E-state index contributed by atoms with van der Waals surface area (Å²) in [5.41, 5.74) is 0. The molecule has 0 aliphatic carbocycles. The molecule has 0 saturated carbocycles. The number of unbranched alkanes of at least 4 members (excludes halogenated alkanes) is 37. The third-order valence-corrected chi connectivity index (χ3v) is 18.4. The average molecular weight is 1400 g/mol. The van der Waals surface area contributed by atoms with Crippen molar-refractivity contribution >= 4 is 39.5 Å². The van der Waals surface area contributed by atoms with Gasteiger partial charge < -0.3 is 33.8 Å². The number of carbonyl (C=O) groups excluding carboxylic acids is 4. The summed E-state index contributed by atoms with van der Waals surface area (Å²) < 4.78 is 68.4. The van der Waals surface area contributed by atoms with Gasteiger partial charge in [-0.25, -0.2) is 9.13 Å². The molecule has 96 heavy (non-hydrogen) atoms. The van der Waals surface area contributed by atoms with Gasteiger partial charge in [0.15, 0.2) is 12.2 Å². The van der Waals surface area contributed by atoms with Crippen LogP contribution in [0.4, 0.5) is 0 Å². The first-order chi connectivity index (χ1) is 46.7. The zero-order valence-corrected chi connectivity index (χ0v) is 62.8. The maximum Gasteiger partial charge on any atom is 0.472 e. The van der Waals surface area contributed by atoms with Crippen LogP contribution in [0.15, 0.2) is 60.8 Å². The third kappa shape index (κ3) is 69.2. The molecule has 0 aliphatic heterocycles. The number of carbonyl (C=O) groups is 4. The van der Waals surface area contributed by atoms with Crippen LogP contribution in [0.1, 0.15) is 349 Å². The van der Waals surface area contributed by atoms with Crippen molar-refractivity contribution in [1.82, 2.24) is 0 Å². The van der Waals surface area contributed by atoms with Crippen LogP contribution in [0.25, 0.3) is 0 Å². The fourth-order valence-corrected chi connectivity index (χ4v) is 12.1. The van der Waals surface area contributed by atoms with Gasteiger partial charge in [0.2, 0.25) is 0 Å². The van der Waals surface area contributed by atoms with Gasteiger partial charge in [-0.2, -0.15) is 0 Å². The minimum atomic E-state index is -4.97. The van der Waals surface area contributed by atoms with Gasteiger partial charge in [-0.1, -0.05) is 281 Å². The molecule has 0 aromatic carbocycles. The molecule has 17 nitrogen and oxygen atoms in total. The Kier molecular flexibility index (Phi) is 67.8. The van der Waals surface area contributed by atoms with E-state index in [2.05, 4.69) is 88.5 Å². The predicted octanol–water partition coefficient (Wildman–Crippen LogP) is 21.9. The van der Waals surface area contributed by atoms with E-state index in [1.54, 1.807) is 0 Å². The number of phosphoric acid groups is 2. The lowest BCUT2D eigenvalue weighted by Crippen LogP contribution is -2.30. The number of allylic oxidation sites excluding steroid dienone is 10. The van der Waals surface area contributed by atoms with Gasteiger partial charge in [-0.3, -0.25) is 37.3 Å². The molecule has 3 N–H and O–H groups in total. The molecule has 0 aromatic rings. The van der Waals surface area contributed by atoms with E-state index in [0.717, 1.165) is 161 Å². The molecular weight excluding hydrogens is 1260 g/mol. The second kappa shape index (κ2) is 70.2. The number of hydrogen-bond donors (Lipinski definition) is 3. The highest BCUT2D eigenvalue weighted by molar-refractivity contribution is 7.47. The number of ether oxygens (including phenoxy) is 4. The summed E-state index contributed by atoms with van der Waals surface area (Å²) in [4.78, 5) is 72.7. The van der Waals surface area contributed by atoms with E-state index in [0.29, 0.717) is 25.7 Å². The lowest BCUT2D eigenvalue weighted by atomic mass is 10.0. The quantitative estimate of drug-likeness (QED) is 0.0169. The van der Waals surface area contributed by atoms with Crippen LogP contribution in [0, 0.1) is 0 Å². The van der Waals surface area contributed by atoms with Crippen molar-refractivity contribution in [2.24, 2.45) is 0 Å². The number of esters is 4. The topological polar surface area (TPSA) is 237 Å². The number of hydrogen-bond acceptors (Lipinski definition) is 15. The Morgan fingerprint density at radius 1 is 0.292 bits per heavy atom. The normalized spacial score (nSPS) is 14.3. The second-order valence-corrected chi connectivity index (χ2v) is 28.9. The highest BCUT2D eigenvalue weighted by atomic mass is 31.2. The smallest absolute Gasteiger partial charge is 0.462 e. The predicted molar refractivity (Wildman–Crippen MR) is 390 cm³/mol. The summed E-state index contributed by atoms with van der Waals surface area (Å²) in [6, 6.07) is 0. The molecular formula is C77H140O17P2. The van der Waals surface area contributed by atoms with E-state index in [4.69, 9.17) is 37.0 Å². The van der Waals surface area contributed by atoms with Gasteiger partial charge in [0, 0.05) is 25.7 Å². The van der Waals surface area contributed by atoms with Crippen LogP contribution in [-0.2, 0) is 65.4 Å². The first-order valence-electron chi connectivity index (χ1n) is 38.5. The fraction of sp³-hybridized carbons (Fsp3) is 0.818. The van der Waals surface area contributed by atoms with Crippen LogP contribution in [0.3, 0.4) is 0 Å². The molecule has 0 saturated heterocycles. The van der Waals surface area contributed by atoms with Crippen molar-refractivity contribution in [3.63, 3.8) is 0 Å². The molecule has 0 aliphatic rings. The van der Waals surface area contributed by atoms with E-state index in [1.807, 2.05) is 0 Å². The van der Waals surface area contributed by atoms with Crippen LogP contribution in [0.2, 0.25) is 0 Å². The Bertz CT molecular complexity index is 2060. The molecule has 0 fully saturated rings. The molecule has 19 heteroatoms. The number of aliphatic hydroxyl groups excluding tert-OH is 1. The molecule has 0 bridgehead atoms. The Morgan fingerprint density at radius 3 is 0.844 bits per heavy atom. The van der Waals surface area contributed by atoms with Crippen molar-refractivity contribution in [3.8, 4) is 0 Å². The lowest BCUT2D eigenvalue weighted by Gasteiger charge is -2.21. The summed E-state index contributed by atoms with van der Waals surface area (Å²) in [6.45, 7) is 4.78. The number of rotatable bonds is 73. The molecule has 0 heterocycles. The minimum absolute atomic E-state index is 0.0865. The standard InChI is InChI=1S/C77H140O17P2/c1-5-9-13-17-21-25-29-31-33-34-35-36-38-39-43-46-50-54-58-62-75(80)88-68-73(94-77(82)64-60-56-52-48-44-40-37-32-30-26-22-18-14-10-6-2)70-92-96(85,86)90-66-71(78)65-89-95(83,84)91-69-72(93-76(81)63-59-55-51-47-42-28-24-20-16-12-8-4)67-87-74(79)61-57-53-49-45-41-27-23-19-15-11-7-3/h19-21,23-25,31,33,35-36,71-73,78H,5-18,22,26-30,32,34,37-70H2,1-4H3,(H,83,84)(H,85,86)/b23-19-,24-20-,25-21-,33-31-,36-35-. The minimum Gasteiger partial charge on any atom is -0.462 e. The van der Waals surface area contributed by atoms with Crippen molar-refractivity contribution in [2.45, 2.75) is 367 Å². The highest BCUT2D eigenvalue weighted by Crippen LogP contribution is 2.45. The van der Waals surface area contributed by atoms with Gasteiger partial charge in [-0.15, -0.1) is 0 Å². The highest BCUT2D eigenvalue weighted by Gasteiger charge is 2.30. The molecule has 0 spiro atoms. The molecule has 0 rings (SSSR count). The lowest BCUT2D eigenvalue weighted by molar-refractivity contribution is -0.161. The van der Waals surface area contributed by atoms with E-state index in [1.165, 1.54) is 109 Å². The summed E-state index contributed by atoms with van der Waals surface area (Å²) in [7, 11) is -9.93. The molecule has 5 atom stereocenters. The molecule has 5 unspecified atom stereocenters. The number of aliphatic hydroxyl groups is 1. The largest absolute Gasteiger partial charge is 0.472 e. The average Bonchev–Trinajstić information content (AvgIpc) is 1.17. The summed E-state index contributed by atoms with van der Waals surface area (Å²) >= 11 is 0. The van der Waals surface area contributed by atoms with Crippen LogP contribution in [-0.4, -0.2) is 96.7 Å². The monoisotopic (exact) mass is 1400 g/mol. The van der Waals surface area contributed by atoms with E-state index in [-0.39, 0.29) is 25.7 Å². The first kappa shape index (κ1) is 92.8.